The van der Waals surface area contributed by atoms with Gasteiger partial charge in [-0.15, -0.1) is 0 Å². The Hall–Kier alpha value is -3.44. The van der Waals surface area contributed by atoms with Gasteiger partial charge in [0.15, 0.2) is 11.6 Å². The molecule has 0 aliphatic heterocycles. The Labute approximate surface area is 127 Å². The lowest BCUT2D eigenvalue weighted by Gasteiger charge is -2.01. The third kappa shape index (κ3) is 2.02. The molecule has 0 fully saturated rings. The normalized spacial score (nSPS) is 10.1. The Morgan fingerprint density at radius 3 is 2.36 bits per heavy atom. The van der Waals surface area contributed by atoms with Crippen LogP contribution in [0.2, 0.25) is 0 Å². The molecule has 5 nitrogen and oxygen atoms in total. The van der Waals surface area contributed by atoms with Crippen LogP contribution in [-0.4, -0.2) is 4.57 Å². The lowest BCUT2D eigenvalue weighted by atomic mass is 10.0. The first kappa shape index (κ1) is 13.5. The number of aryl methyl sites for hydroxylation is 1. The van der Waals surface area contributed by atoms with Crippen molar-refractivity contribution >= 4 is 5.88 Å². The molecule has 0 amide bonds. The summed E-state index contributed by atoms with van der Waals surface area (Å²) < 4.78 is 7.51. The summed E-state index contributed by atoms with van der Waals surface area (Å²) >= 11 is 0. The van der Waals surface area contributed by atoms with Gasteiger partial charge in [0.2, 0.25) is 0 Å². The highest BCUT2D eigenvalue weighted by atomic mass is 16.4. The fourth-order valence-corrected chi connectivity index (χ4v) is 2.43. The molecule has 0 aliphatic carbocycles. The first-order valence-electron chi connectivity index (χ1n) is 6.60. The van der Waals surface area contributed by atoms with E-state index in [1.165, 1.54) is 0 Å². The van der Waals surface area contributed by atoms with E-state index in [1.54, 1.807) is 24.3 Å². The molecule has 5 heteroatoms. The van der Waals surface area contributed by atoms with Crippen molar-refractivity contribution in [1.82, 2.24) is 4.57 Å². The van der Waals surface area contributed by atoms with Crippen LogP contribution in [0.25, 0.3) is 22.6 Å². The van der Waals surface area contributed by atoms with Crippen molar-refractivity contribution in [2.75, 3.05) is 5.73 Å². The van der Waals surface area contributed by atoms with Crippen LogP contribution < -0.4 is 5.73 Å². The van der Waals surface area contributed by atoms with Crippen LogP contribution in [0, 0.1) is 22.7 Å². The molecule has 3 aromatic rings. The molecule has 0 aliphatic rings. The fraction of sp³-hybridized carbons (Fsp3) is 0.0588. The summed E-state index contributed by atoms with van der Waals surface area (Å²) in [4.78, 5) is 0. The van der Waals surface area contributed by atoms with Gasteiger partial charge in [-0.25, -0.2) is 0 Å². The second-order valence-corrected chi connectivity index (χ2v) is 4.85. The summed E-state index contributed by atoms with van der Waals surface area (Å²) in [7, 11) is 1.87. The van der Waals surface area contributed by atoms with Gasteiger partial charge in [0.05, 0.1) is 22.9 Å². The summed E-state index contributed by atoms with van der Waals surface area (Å²) in [6.45, 7) is 0. The highest BCUT2D eigenvalue weighted by Crippen LogP contribution is 2.39. The quantitative estimate of drug-likeness (QED) is 0.783. The van der Waals surface area contributed by atoms with Gasteiger partial charge in [0.1, 0.15) is 11.6 Å². The number of benzene rings is 1. The number of nitrogen functional groups attached to an aromatic ring is 1. The molecule has 0 saturated carbocycles. The Bertz CT molecular complexity index is 917. The zero-order valence-corrected chi connectivity index (χ0v) is 11.9. The molecule has 1 aromatic carbocycles. The Kier molecular flexibility index (Phi) is 3.17. The van der Waals surface area contributed by atoms with Gasteiger partial charge in [-0.3, -0.25) is 0 Å². The minimum absolute atomic E-state index is 0.192. The number of hydrogen-bond donors (Lipinski definition) is 1. The molecule has 0 bridgehead atoms. The first-order chi connectivity index (χ1) is 10.7. The largest absolute Gasteiger partial charge is 0.437 e. The third-order valence-corrected chi connectivity index (χ3v) is 3.53. The van der Waals surface area contributed by atoms with Crippen LogP contribution in [0.15, 0.2) is 47.0 Å². The van der Waals surface area contributed by atoms with E-state index in [-0.39, 0.29) is 5.88 Å². The molecular weight excluding hydrogens is 276 g/mol. The molecule has 0 spiro atoms. The lowest BCUT2D eigenvalue weighted by molar-refractivity contribution is 0.596. The lowest BCUT2D eigenvalue weighted by Crippen LogP contribution is -1.90. The van der Waals surface area contributed by atoms with Crippen LogP contribution in [0.3, 0.4) is 0 Å². The SMILES string of the molecule is Cn1cccc1-c1oc(N)c(-c2ccc(C#N)cc2)c1C#N. The van der Waals surface area contributed by atoms with Gasteiger partial charge < -0.3 is 14.7 Å². The van der Waals surface area contributed by atoms with Crippen molar-refractivity contribution in [1.29, 1.82) is 10.5 Å². The summed E-state index contributed by atoms with van der Waals surface area (Å²) in [6.07, 6.45) is 1.87. The molecule has 106 valence electrons. The maximum Gasteiger partial charge on any atom is 0.200 e. The van der Waals surface area contributed by atoms with Crippen molar-refractivity contribution < 1.29 is 4.42 Å². The third-order valence-electron chi connectivity index (χ3n) is 3.53. The number of hydrogen-bond acceptors (Lipinski definition) is 4. The summed E-state index contributed by atoms with van der Waals surface area (Å²) in [5, 5.41) is 18.4. The number of nitrogens with zero attached hydrogens (tertiary/aromatic N) is 3. The molecule has 0 unspecified atom stereocenters. The zero-order valence-electron chi connectivity index (χ0n) is 11.9. The molecule has 0 atom stereocenters. The van der Waals surface area contributed by atoms with E-state index >= 15 is 0 Å². The smallest absolute Gasteiger partial charge is 0.200 e. The molecule has 22 heavy (non-hydrogen) atoms. The first-order valence-corrected chi connectivity index (χ1v) is 6.60. The van der Waals surface area contributed by atoms with Crippen molar-refractivity contribution in [2.45, 2.75) is 0 Å². The second kappa shape index (κ2) is 5.16. The molecule has 0 radical (unpaired) electrons. The van der Waals surface area contributed by atoms with Crippen LogP contribution >= 0.6 is 0 Å². The highest BCUT2D eigenvalue weighted by molar-refractivity contribution is 5.85. The van der Waals surface area contributed by atoms with E-state index in [2.05, 4.69) is 12.1 Å². The average molecular weight is 288 g/mol. The van der Waals surface area contributed by atoms with Gasteiger partial charge in [-0.05, 0) is 29.8 Å². The van der Waals surface area contributed by atoms with Gasteiger partial charge in [-0.1, -0.05) is 12.1 Å². The number of nitrogens with two attached hydrogens (primary N) is 1. The highest BCUT2D eigenvalue weighted by Gasteiger charge is 2.22. The minimum Gasteiger partial charge on any atom is -0.437 e. The van der Waals surface area contributed by atoms with Gasteiger partial charge in [0, 0.05) is 13.2 Å². The van der Waals surface area contributed by atoms with Crippen molar-refractivity contribution in [3.8, 4) is 34.7 Å². The monoisotopic (exact) mass is 288 g/mol. The van der Waals surface area contributed by atoms with E-state index in [9.17, 15) is 5.26 Å². The van der Waals surface area contributed by atoms with E-state index < -0.39 is 0 Å². The number of nitriles is 2. The van der Waals surface area contributed by atoms with Gasteiger partial charge >= 0.3 is 0 Å². The fourth-order valence-electron chi connectivity index (χ4n) is 2.43. The topological polar surface area (TPSA) is 91.7 Å². The van der Waals surface area contributed by atoms with Gasteiger partial charge in [0.25, 0.3) is 0 Å². The van der Waals surface area contributed by atoms with Crippen LogP contribution in [-0.2, 0) is 7.05 Å². The van der Waals surface area contributed by atoms with Gasteiger partial charge in [-0.2, -0.15) is 10.5 Å². The Morgan fingerprint density at radius 1 is 1.09 bits per heavy atom. The number of rotatable bonds is 2. The number of furan rings is 1. The maximum atomic E-state index is 9.54. The van der Waals surface area contributed by atoms with Crippen molar-refractivity contribution in [3.05, 3.63) is 53.7 Å². The average Bonchev–Trinajstić information content (AvgIpc) is 3.10. The van der Waals surface area contributed by atoms with Crippen LogP contribution in [0.5, 0.6) is 0 Å². The summed E-state index contributed by atoms with van der Waals surface area (Å²) in [6, 6.07) is 14.9. The molecule has 2 aromatic heterocycles. The number of aromatic nitrogens is 1. The van der Waals surface area contributed by atoms with Crippen LogP contribution in [0.4, 0.5) is 5.88 Å². The van der Waals surface area contributed by atoms with E-state index in [4.69, 9.17) is 15.4 Å². The number of anilines is 1. The molecule has 0 saturated heterocycles. The van der Waals surface area contributed by atoms with E-state index in [1.807, 2.05) is 29.9 Å². The standard InChI is InChI=1S/C17H12N4O/c1-21-8-2-3-14(21)16-13(10-19)15(17(20)22-16)12-6-4-11(9-18)5-7-12/h2-8H,20H2,1H3. The molecule has 2 heterocycles. The molecule has 2 N–H and O–H groups in total. The van der Waals surface area contributed by atoms with Crippen LogP contribution in [0.1, 0.15) is 11.1 Å². The maximum absolute atomic E-state index is 9.54. The Balaban J connectivity index is 2.21. The minimum atomic E-state index is 0.192. The van der Waals surface area contributed by atoms with Crippen molar-refractivity contribution in [2.24, 2.45) is 7.05 Å². The second-order valence-electron chi connectivity index (χ2n) is 4.85. The molecule has 3 rings (SSSR count). The predicted molar refractivity (Wildman–Crippen MR) is 82.4 cm³/mol. The Morgan fingerprint density at radius 2 is 1.82 bits per heavy atom. The van der Waals surface area contributed by atoms with E-state index in [0.29, 0.717) is 22.5 Å². The van der Waals surface area contributed by atoms with E-state index in [0.717, 1.165) is 11.3 Å². The summed E-state index contributed by atoms with van der Waals surface area (Å²) in [5.41, 5.74) is 9.01. The predicted octanol–water partition coefficient (Wildman–Crippen LogP) is 3.28. The van der Waals surface area contributed by atoms with Crippen molar-refractivity contribution in [3.63, 3.8) is 0 Å². The molecular formula is C17H12N4O. The summed E-state index contributed by atoms with van der Waals surface area (Å²) in [5.74, 6) is 0.643. The zero-order chi connectivity index (χ0) is 15.7.